The number of aromatic nitrogens is 4. The van der Waals surface area contributed by atoms with Gasteiger partial charge in [0.1, 0.15) is 5.82 Å². The van der Waals surface area contributed by atoms with Gasteiger partial charge in [-0.15, -0.1) is 5.10 Å². The summed E-state index contributed by atoms with van der Waals surface area (Å²) in [4.78, 5) is 27.8. The van der Waals surface area contributed by atoms with Crippen LogP contribution in [0.4, 0.5) is 17.6 Å². The fraction of sp³-hybridized carbons (Fsp3) is 0.316. The molecule has 9 nitrogen and oxygen atoms in total. The minimum atomic E-state index is -4.94. The largest absolute Gasteiger partial charge is 0.435 e. The van der Waals surface area contributed by atoms with E-state index in [4.69, 9.17) is 4.52 Å². The molecule has 3 heterocycles. The molecule has 1 aliphatic heterocycles. The van der Waals surface area contributed by atoms with Crippen LogP contribution in [0.25, 0.3) is 5.69 Å². The Labute approximate surface area is 178 Å². The van der Waals surface area contributed by atoms with Crippen molar-refractivity contribution in [3.8, 4) is 5.69 Å². The van der Waals surface area contributed by atoms with Crippen molar-refractivity contribution < 1.29 is 31.7 Å². The van der Waals surface area contributed by atoms with E-state index in [9.17, 15) is 27.2 Å². The molecule has 0 atom stereocenters. The molecule has 2 aromatic heterocycles. The number of amides is 2. The molecule has 1 aliphatic rings. The Morgan fingerprint density at radius 2 is 1.59 bits per heavy atom. The molecule has 32 heavy (non-hydrogen) atoms. The van der Waals surface area contributed by atoms with Gasteiger partial charge in [-0.05, 0) is 31.2 Å². The molecule has 168 valence electrons. The molecule has 0 spiro atoms. The number of piperazine rings is 1. The molecule has 2 amide bonds. The highest BCUT2D eigenvalue weighted by Crippen LogP contribution is 2.33. The van der Waals surface area contributed by atoms with Crippen LogP contribution in [-0.2, 0) is 6.18 Å². The van der Waals surface area contributed by atoms with Crippen molar-refractivity contribution in [1.29, 1.82) is 0 Å². The molecule has 0 radical (unpaired) electrons. The second kappa shape index (κ2) is 8.05. The predicted molar refractivity (Wildman–Crippen MR) is 99.4 cm³/mol. The maximum atomic E-state index is 13.8. The van der Waals surface area contributed by atoms with Gasteiger partial charge >= 0.3 is 6.18 Å². The van der Waals surface area contributed by atoms with Crippen LogP contribution in [0, 0.1) is 12.7 Å². The van der Waals surface area contributed by atoms with Gasteiger partial charge in [0.05, 0.1) is 11.4 Å². The normalized spacial score (nSPS) is 14.7. The molecule has 3 aromatic rings. The fourth-order valence-electron chi connectivity index (χ4n) is 3.33. The zero-order valence-electron chi connectivity index (χ0n) is 16.6. The van der Waals surface area contributed by atoms with Gasteiger partial charge in [0, 0.05) is 32.2 Å². The molecule has 13 heteroatoms. The van der Waals surface area contributed by atoms with Crippen LogP contribution in [-0.4, -0.2) is 67.9 Å². The Morgan fingerprint density at radius 3 is 2.12 bits per heavy atom. The topological polar surface area (TPSA) is 97.4 Å². The standard InChI is InChI=1S/C19H16F4N6O3/c1-11-10-14(32-25-11)17(30)27-6-8-28(9-7-27)18(31)15-16(19(21,22)23)29(26-24-15)13-4-2-12(20)3-5-13/h2-5,10H,6-9H2,1H3. The lowest BCUT2D eigenvalue weighted by atomic mass is 10.2. The Hall–Kier alpha value is -3.77. The van der Waals surface area contributed by atoms with Crippen molar-refractivity contribution in [1.82, 2.24) is 30.0 Å². The fourth-order valence-corrected chi connectivity index (χ4v) is 3.33. The maximum absolute atomic E-state index is 13.8. The van der Waals surface area contributed by atoms with E-state index >= 15 is 0 Å². The minimum absolute atomic E-state index is 0.00159. The van der Waals surface area contributed by atoms with Crippen molar-refractivity contribution in [2.75, 3.05) is 26.2 Å². The second-order valence-corrected chi connectivity index (χ2v) is 7.09. The number of carbonyl (C=O) groups is 2. The Bertz CT molecular complexity index is 1150. The van der Waals surface area contributed by atoms with Gasteiger partial charge in [-0.3, -0.25) is 9.59 Å². The summed E-state index contributed by atoms with van der Waals surface area (Å²) in [6.07, 6.45) is -4.94. The van der Waals surface area contributed by atoms with Crippen LogP contribution >= 0.6 is 0 Å². The molecule has 0 unspecified atom stereocenters. The Morgan fingerprint density at radius 1 is 1.00 bits per heavy atom. The summed E-state index contributed by atoms with van der Waals surface area (Å²) >= 11 is 0. The molecule has 4 rings (SSSR count). The summed E-state index contributed by atoms with van der Waals surface area (Å²) in [5.74, 6) is -1.97. The quantitative estimate of drug-likeness (QED) is 0.566. The number of hydrogen-bond donors (Lipinski definition) is 0. The molecule has 0 N–H and O–H groups in total. The van der Waals surface area contributed by atoms with E-state index < -0.39 is 35.2 Å². The van der Waals surface area contributed by atoms with Crippen molar-refractivity contribution in [3.05, 3.63) is 59.0 Å². The number of rotatable bonds is 3. The average Bonchev–Trinajstić information content (AvgIpc) is 3.40. The van der Waals surface area contributed by atoms with E-state index in [0.29, 0.717) is 10.4 Å². The lowest BCUT2D eigenvalue weighted by Crippen LogP contribution is -2.50. The predicted octanol–water partition coefficient (Wildman–Crippen LogP) is 2.32. The second-order valence-electron chi connectivity index (χ2n) is 7.09. The van der Waals surface area contributed by atoms with Crippen LogP contribution in [0.1, 0.15) is 32.4 Å². The van der Waals surface area contributed by atoms with Crippen LogP contribution in [0.5, 0.6) is 0 Å². The first-order chi connectivity index (χ1) is 15.1. The van der Waals surface area contributed by atoms with Gasteiger partial charge in [-0.2, -0.15) is 13.2 Å². The van der Waals surface area contributed by atoms with Crippen molar-refractivity contribution >= 4 is 11.8 Å². The number of halogens is 4. The van der Waals surface area contributed by atoms with Crippen molar-refractivity contribution in [3.63, 3.8) is 0 Å². The minimum Gasteiger partial charge on any atom is -0.351 e. The molecule has 0 bridgehead atoms. The van der Waals surface area contributed by atoms with Crippen molar-refractivity contribution in [2.24, 2.45) is 0 Å². The summed E-state index contributed by atoms with van der Waals surface area (Å²) in [6.45, 7) is 1.85. The summed E-state index contributed by atoms with van der Waals surface area (Å²) in [6, 6.07) is 5.63. The number of nitrogens with zero attached hydrogens (tertiary/aromatic N) is 6. The SMILES string of the molecule is Cc1cc(C(=O)N2CCN(C(=O)c3nnn(-c4ccc(F)cc4)c3C(F)(F)F)CC2)on1. The first kappa shape index (κ1) is 21.5. The van der Waals surface area contributed by atoms with Gasteiger partial charge in [0.25, 0.3) is 11.8 Å². The highest BCUT2D eigenvalue weighted by molar-refractivity contribution is 5.94. The third-order valence-corrected chi connectivity index (χ3v) is 4.91. The molecule has 1 saturated heterocycles. The highest BCUT2D eigenvalue weighted by atomic mass is 19.4. The van der Waals surface area contributed by atoms with E-state index in [-0.39, 0.29) is 37.6 Å². The third kappa shape index (κ3) is 4.05. The van der Waals surface area contributed by atoms with E-state index in [1.165, 1.54) is 15.9 Å². The highest BCUT2D eigenvalue weighted by Gasteiger charge is 2.43. The van der Waals surface area contributed by atoms with E-state index in [1.807, 2.05) is 0 Å². The van der Waals surface area contributed by atoms with Crippen LogP contribution in [0.3, 0.4) is 0 Å². The first-order valence-electron chi connectivity index (χ1n) is 9.46. The van der Waals surface area contributed by atoms with Crippen LogP contribution in [0.2, 0.25) is 0 Å². The van der Waals surface area contributed by atoms with Crippen LogP contribution < -0.4 is 0 Å². The smallest absolute Gasteiger partial charge is 0.351 e. The monoisotopic (exact) mass is 452 g/mol. The number of benzene rings is 1. The summed E-state index contributed by atoms with van der Waals surface area (Å²) in [5, 5.41) is 10.6. The molecule has 0 saturated carbocycles. The molecule has 0 aliphatic carbocycles. The Balaban J connectivity index is 1.54. The third-order valence-electron chi connectivity index (χ3n) is 4.91. The zero-order valence-corrected chi connectivity index (χ0v) is 16.6. The van der Waals surface area contributed by atoms with Gasteiger partial charge in [0.15, 0.2) is 11.4 Å². The zero-order chi connectivity index (χ0) is 23.0. The van der Waals surface area contributed by atoms with E-state index in [1.54, 1.807) is 6.92 Å². The van der Waals surface area contributed by atoms with E-state index in [0.717, 1.165) is 24.3 Å². The van der Waals surface area contributed by atoms with Crippen molar-refractivity contribution in [2.45, 2.75) is 13.1 Å². The van der Waals surface area contributed by atoms with Gasteiger partial charge in [0.2, 0.25) is 5.76 Å². The lowest BCUT2D eigenvalue weighted by Gasteiger charge is -2.34. The van der Waals surface area contributed by atoms with Crippen LogP contribution in [0.15, 0.2) is 34.9 Å². The Kier molecular flexibility index (Phi) is 5.40. The number of alkyl halides is 3. The van der Waals surface area contributed by atoms with Gasteiger partial charge < -0.3 is 14.3 Å². The lowest BCUT2D eigenvalue weighted by molar-refractivity contribution is -0.143. The molecule has 1 fully saturated rings. The molecule has 1 aromatic carbocycles. The molecular weight excluding hydrogens is 436 g/mol. The number of carbonyl (C=O) groups excluding carboxylic acids is 2. The summed E-state index contributed by atoms with van der Waals surface area (Å²) in [7, 11) is 0. The molecular formula is C19H16F4N6O3. The number of aryl methyl sites for hydroxylation is 1. The summed E-state index contributed by atoms with van der Waals surface area (Å²) in [5.41, 5.74) is -1.79. The van der Waals surface area contributed by atoms with E-state index in [2.05, 4.69) is 15.5 Å². The average molecular weight is 452 g/mol. The number of hydrogen-bond acceptors (Lipinski definition) is 6. The van der Waals surface area contributed by atoms with Gasteiger partial charge in [-0.25, -0.2) is 9.07 Å². The first-order valence-corrected chi connectivity index (χ1v) is 9.46. The maximum Gasteiger partial charge on any atom is 0.435 e. The van der Waals surface area contributed by atoms with Gasteiger partial charge in [-0.1, -0.05) is 10.4 Å². The summed E-state index contributed by atoms with van der Waals surface area (Å²) < 4.78 is 59.9.